The fraction of sp³-hybridized carbons (Fsp3) is 0.333. The maximum Gasteiger partial charge on any atom is 0.416 e. The molecule has 2 aromatic rings. The molecule has 0 bridgehead atoms. The average Bonchev–Trinajstić information content (AvgIpc) is 2.61. The summed E-state index contributed by atoms with van der Waals surface area (Å²) in [5.41, 5.74) is 0.102. The molecule has 0 saturated carbocycles. The second-order valence-electron chi connectivity index (χ2n) is 5.88. The molecule has 1 aromatic heterocycles. The first-order valence-corrected chi connectivity index (χ1v) is 8.02. The highest BCUT2D eigenvalue weighted by molar-refractivity contribution is 5.59. The first-order chi connectivity index (χ1) is 11.9. The van der Waals surface area contributed by atoms with E-state index in [1.54, 1.807) is 0 Å². The Balaban J connectivity index is 1.78. The Morgan fingerprint density at radius 2 is 2.04 bits per heavy atom. The van der Waals surface area contributed by atoms with Gasteiger partial charge in [0.1, 0.15) is 6.61 Å². The van der Waals surface area contributed by atoms with Crippen molar-refractivity contribution >= 4 is 0 Å². The molecule has 1 aliphatic rings. The number of rotatable bonds is 4. The van der Waals surface area contributed by atoms with Gasteiger partial charge in [-0.2, -0.15) is 18.2 Å². The van der Waals surface area contributed by atoms with E-state index in [0.717, 1.165) is 48.1 Å². The van der Waals surface area contributed by atoms with E-state index in [0.29, 0.717) is 6.61 Å². The molecular weight excluding hydrogens is 333 g/mol. The predicted molar refractivity (Wildman–Crippen MR) is 86.9 cm³/mol. The van der Waals surface area contributed by atoms with Crippen molar-refractivity contribution in [3.63, 3.8) is 0 Å². The summed E-state index contributed by atoms with van der Waals surface area (Å²) >= 11 is 0. The van der Waals surface area contributed by atoms with Gasteiger partial charge in [-0.3, -0.25) is 0 Å². The van der Waals surface area contributed by atoms with Gasteiger partial charge in [-0.15, -0.1) is 4.73 Å². The average molecular weight is 350 g/mol. The smallest absolute Gasteiger partial charge is 0.405 e. The summed E-state index contributed by atoms with van der Waals surface area (Å²) in [5.74, 6) is 0. The van der Waals surface area contributed by atoms with Crippen molar-refractivity contribution < 1.29 is 18.0 Å². The van der Waals surface area contributed by atoms with Crippen molar-refractivity contribution in [1.82, 2.24) is 9.71 Å². The Bertz CT molecular complexity index is 841. The Morgan fingerprint density at radius 3 is 2.72 bits per heavy atom. The number of nitrogens with zero attached hydrogens (tertiary/aromatic N) is 2. The molecule has 0 spiro atoms. The first-order valence-electron chi connectivity index (χ1n) is 8.02. The third kappa shape index (κ3) is 4.29. The van der Waals surface area contributed by atoms with Gasteiger partial charge in [0, 0.05) is 5.56 Å². The normalized spacial score (nSPS) is 14.9. The van der Waals surface area contributed by atoms with Gasteiger partial charge in [-0.25, -0.2) is 4.79 Å². The number of benzene rings is 1. The molecule has 4 nitrogen and oxygen atoms in total. The van der Waals surface area contributed by atoms with Crippen LogP contribution in [0.25, 0.3) is 11.3 Å². The van der Waals surface area contributed by atoms with Crippen LogP contribution in [0, 0.1) is 0 Å². The number of aromatic nitrogens is 2. The number of allylic oxidation sites excluding steroid dienone is 1. The first kappa shape index (κ1) is 17.3. The van der Waals surface area contributed by atoms with E-state index < -0.39 is 17.4 Å². The molecule has 0 N–H and O–H groups in total. The summed E-state index contributed by atoms with van der Waals surface area (Å²) in [5, 5.41) is 0. The molecule has 0 aliphatic heterocycles. The molecule has 1 aliphatic carbocycles. The van der Waals surface area contributed by atoms with Crippen molar-refractivity contribution in [1.29, 1.82) is 0 Å². The van der Waals surface area contributed by atoms with Crippen molar-refractivity contribution in [2.75, 3.05) is 6.61 Å². The van der Waals surface area contributed by atoms with E-state index in [2.05, 4.69) is 11.1 Å². The summed E-state index contributed by atoms with van der Waals surface area (Å²) in [6.45, 7) is 0.310. The van der Waals surface area contributed by atoms with Crippen LogP contribution in [-0.2, 0) is 6.18 Å². The lowest BCUT2D eigenvalue weighted by Gasteiger charge is -2.14. The largest absolute Gasteiger partial charge is 0.416 e. The minimum atomic E-state index is -4.44. The molecule has 132 valence electrons. The van der Waals surface area contributed by atoms with Gasteiger partial charge in [-0.1, -0.05) is 18.2 Å². The molecular formula is C18H17F3N2O2. The van der Waals surface area contributed by atoms with Gasteiger partial charge in [0.2, 0.25) is 0 Å². The molecule has 7 heteroatoms. The Morgan fingerprint density at radius 1 is 1.20 bits per heavy atom. The molecule has 0 fully saturated rings. The Labute approximate surface area is 142 Å². The monoisotopic (exact) mass is 350 g/mol. The SMILES string of the molecule is O=c1nc(-c2cccc(C(F)(F)F)c2)ccn1OCC1=CCCCC1. The van der Waals surface area contributed by atoms with Gasteiger partial charge in [0.25, 0.3) is 0 Å². The molecule has 3 rings (SSSR count). The summed E-state index contributed by atoms with van der Waals surface area (Å²) in [7, 11) is 0. The van der Waals surface area contributed by atoms with Crippen LogP contribution in [0.1, 0.15) is 31.2 Å². The number of hydrogen-bond donors (Lipinski definition) is 0. The van der Waals surface area contributed by atoms with Crippen LogP contribution in [0.5, 0.6) is 0 Å². The van der Waals surface area contributed by atoms with Crippen LogP contribution < -0.4 is 10.5 Å². The van der Waals surface area contributed by atoms with E-state index in [1.807, 2.05) is 0 Å². The molecule has 0 saturated heterocycles. The zero-order valence-electron chi connectivity index (χ0n) is 13.4. The second kappa shape index (κ2) is 7.13. The van der Waals surface area contributed by atoms with Crippen molar-refractivity contribution in [2.24, 2.45) is 0 Å². The molecule has 0 unspecified atom stereocenters. The van der Waals surface area contributed by atoms with Crippen molar-refractivity contribution in [3.05, 3.63) is 64.2 Å². The molecule has 25 heavy (non-hydrogen) atoms. The maximum absolute atomic E-state index is 12.8. The van der Waals surface area contributed by atoms with Gasteiger partial charge in [-0.05, 0) is 49.5 Å². The van der Waals surface area contributed by atoms with Crippen LogP contribution in [-0.4, -0.2) is 16.3 Å². The molecule has 0 atom stereocenters. The summed E-state index contributed by atoms with van der Waals surface area (Å²) in [6, 6.07) is 6.18. The van der Waals surface area contributed by atoms with Crippen molar-refractivity contribution in [2.45, 2.75) is 31.9 Å². The molecule has 1 aromatic carbocycles. The minimum Gasteiger partial charge on any atom is -0.405 e. The van der Waals surface area contributed by atoms with Crippen LogP contribution in [0.2, 0.25) is 0 Å². The minimum absolute atomic E-state index is 0.174. The van der Waals surface area contributed by atoms with Gasteiger partial charge >= 0.3 is 11.9 Å². The lowest BCUT2D eigenvalue weighted by Crippen LogP contribution is -2.30. The Hall–Kier alpha value is -2.57. The van der Waals surface area contributed by atoms with Gasteiger partial charge in [0.15, 0.2) is 0 Å². The number of hydrogen-bond acceptors (Lipinski definition) is 3. The summed E-state index contributed by atoms with van der Waals surface area (Å²) in [6.07, 6.45) is 3.29. The second-order valence-corrected chi connectivity index (χ2v) is 5.88. The third-order valence-corrected chi connectivity index (χ3v) is 4.03. The van der Waals surface area contributed by atoms with Gasteiger partial charge < -0.3 is 4.84 Å². The fourth-order valence-electron chi connectivity index (χ4n) is 2.69. The van der Waals surface area contributed by atoms with E-state index in [4.69, 9.17) is 4.84 Å². The number of halogens is 3. The topological polar surface area (TPSA) is 44.1 Å². The fourth-order valence-corrected chi connectivity index (χ4v) is 2.69. The third-order valence-electron chi connectivity index (χ3n) is 4.03. The zero-order chi connectivity index (χ0) is 17.9. The maximum atomic E-state index is 12.8. The van der Waals surface area contributed by atoms with Crippen LogP contribution >= 0.6 is 0 Å². The lowest BCUT2D eigenvalue weighted by molar-refractivity contribution is -0.137. The van der Waals surface area contributed by atoms with Crippen LogP contribution in [0.4, 0.5) is 13.2 Å². The van der Waals surface area contributed by atoms with Crippen molar-refractivity contribution in [3.8, 4) is 11.3 Å². The summed E-state index contributed by atoms with van der Waals surface area (Å²) < 4.78 is 39.4. The van der Waals surface area contributed by atoms with Crippen LogP contribution in [0.3, 0.4) is 0 Å². The molecule has 0 radical (unpaired) electrons. The zero-order valence-corrected chi connectivity index (χ0v) is 13.4. The molecule has 1 heterocycles. The van der Waals surface area contributed by atoms with Crippen LogP contribution in [0.15, 0.2) is 53.0 Å². The molecule has 0 amide bonds. The Kier molecular flexibility index (Phi) is 4.92. The quantitative estimate of drug-likeness (QED) is 0.787. The lowest BCUT2D eigenvalue weighted by atomic mass is 10.0. The highest BCUT2D eigenvalue weighted by atomic mass is 19.4. The number of alkyl halides is 3. The highest BCUT2D eigenvalue weighted by Crippen LogP contribution is 2.31. The van der Waals surface area contributed by atoms with E-state index >= 15 is 0 Å². The van der Waals surface area contributed by atoms with E-state index in [9.17, 15) is 18.0 Å². The van der Waals surface area contributed by atoms with E-state index in [-0.39, 0.29) is 11.3 Å². The summed E-state index contributed by atoms with van der Waals surface area (Å²) in [4.78, 5) is 21.3. The standard InChI is InChI=1S/C18H17F3N2O2/c19-18(20,21)15-8-4-7-14(11-15)16-9-10-23(17(24)22-16)25-12-13-5-2-1-3-6-13/h4-5,7-11H,1-3,6,12H2. The highest BCUT2D eigenvalue weighted by Gasteiger charge is 2.30. The van der Waals surface area contributed by atoms with Gasteiger partial charge in [0.05, 0.1) is 17.5 Å². The van der Waals surface area contributed by atoms with E-state index in [1.165, 1.54) is 24.4 Å². The predicted octanol–water partition coefficient (Wildman–Crippen LogP) is 3.86.